The van der Waals surface area contributed by atoms with Gasteiger partial charge in [-0.15, -0.1) is 0 Å². The van der Waals surface area contributed by atoms with E-state index in [1.165, 1.54) is 12.4 Å². The summed E-state index contributed by atoms with van der Waals surface area (Å²) in [5, 5.41) is 3.96. The molecule has 0 aliphatic heterocycles. The van der Waals surface area contributed by atoms with Gasteiger partial charge in [-0.05, 0) is 24.3 Å². The van der Waals surface area contributed by atoms with Crippen LogP contribution >= 0.6 is 0 Å². The average Bonchev–Trinajstić information content (AvgIpc) is 2.74. The van der Waals surface area contributed by atoms with E-state index in [0.29, 0.717) is 22.8 Å². The van der Waals surface area contributed by atoms with Crippen molar-refractivity contribution in [3.8, 4) is 22.8 Å². The molecule has 136 valence electrons. The maximum Gasteiger partial charge on any atom is 0.291 e. The smallest absolute Gasteiger partial charge is 0.291 e. The van der Waals surface area contributed by atoms with Crippen molar-refractivity contribution in [3.63, 3.8) is 0 Å². The van der Waals surface area contributed by atoms with Gasteiger partial charge in [-0.3, -0.25) is 14.8 Å². The van der Waals surface area contributed by atoms with Gasteiger partial charge >= 0.3 is 0 Å². The van der Waals surface area contributed by atoms with Crippen LogP contribution < -0.4 is 14.9 Å². The highest BCUT2D eigenvalue weighted by molar-refractivity contribution is 5.93. The lowest BCUT2D eigenvalue weighted by Crippen LogP contribution is -2.19. The molecule has 0 atom stereocenters. The van der Waals surface area contributed by atoms with Crippen molar-refractivity contribution in [2.75, 3.05) is 14.2 Å². The van der Waals surface area contributed by atoms with Crippen LogP contribution in [0, 0.1) is 0 Å². The van der Waals surface area contributed by atoms with Crippen molar-refractivity contribution < 1.29 is 14.3 Å². The van der Waals surface area contributed by atoms with E-state index >= 15 is 0 Å². The predicted molar refractivity (Wildman–Crippen MR) is 99.9 cm³/mol. The van der Waals surface area contributed by atoms with E-state index in [0.717, 1.165) is 5.56 Å². The molecule has 0 radical (unpaired) electrons. The first kappa shape index (κ1) is 18.0. The average molecular weight is 363 g/mol. The fourth-order valence-corrected chi connectivity index (χ4v) is 2.26. The number of ether oxygens (including phenoxy) is 2. The molecule has 1 N–H and O–H groups in total. The minimum atomic E-state index is -0.468. The van der Waals surface area contributed by atoms with Gasteiger partial charge < -0.3 is 9.47 Å². The lowest BCUT2D eigenvalue weighted by Gasteiger charge is -2.05. The summed E-state index contributed by atoms with van der Waals surface area (Å²) < 4.78 is 10.4. The van der Waals surface area contributed by atoms with E-state index < -0.39 is 5.91 Å². The number of methoxy groups -OCH3 is 2. The summed E-state index contributed by atoms with van der Waals surface area (Å²) in [6.45, 7) is 0. The fraction of sp³-hybridized carbons (Fsp3) is 0.105. The molecule has 0 spiro atoms. The summed E-state index contributed by atoms with van der Waals surface area (Å²) in [6, 6.07) is 8.86. The number of carbonyl (C=O) groups is 1. The third kappa shape index (κ3) is 4.63. The summed E-state index contributed by atoms with van der Waals surface area (Å²) in [5.41, 5.74) is 4.70. The quantitative estimate of drug-likeness (QED) is 0.533. The van der Waals surface area contributed by atoms with Crippen LogP contribution in [0.3, 0.4) is 0 Å². The number of aromatic nitrogens is 3. The number of hydrogen-bond donors (Lipinski definition) is 1. The maximum atomic E-state index is 12.3. The predicted octanol–water partition coefficient (Wildman–Crippen LogP) is 2.32. The van der Waals surface area contributed by atoms with Gasteiger partial charge in [0.15, 0.2) is 0 Å². The van der Waals surface area contributed by atoms with Gasteiger partial charge in [-0.1, -0.05) is 0 Å². The molecule has 0 aliphatic carbocycles. The molecule has 0 saturated heterocycles. The molecule has 27 heavy (non-hydrogen) atoms. The molecule has 2 aromatic heterocycles. The highest BCUT2D eigenvalue weighted by Gasteiger charge is 2.09. The Kier molecular flexibility index (Phi) is 5.68. The summed E-state index contributed by atoms with van der Waals surface area (Å²) >= 11 is 0. The topological polar surface area (TPSA) is 98.6 Å². The highest BCUT2D eigenvalue weighted by Crippen LogP contribution is 2.21. The van der Waals surface area contributed by atoms with Crippen LogP contribution in [0.1, 0.15) is 16.1 Å². The zero-order valence-electron chi connectivity index (χ0n) is 14.8. The monoisotopic (exact) mass is 363 g/mol. The molecule has 8 heteroatoms. The van der Waals surface area contributed by atoms with E-state index in [9.17, 15) is 4.79 Å². The summed E-state index contributed by atoms with van der Waals surface area (Å²) in [4.78, 5) is 24.6. The second-order valence-corrected chi connectivity index (χ2v) is 5.37. The van der Waals surface area contributed by atoms with Gasteiger partial charge in [0, 0.05) is 29.6 Å². The fourth-order valence-electron chi connectivity index (χ4n) is 2.26. The Morgan fingerprint density at radius 3 is 2.41 bits per heavy atom. The van der Waals surface area contributed by atoms with Crippen LogP contribution in [0.4, 0.5) is 0 Å². The van der Waals surface area contributed by atoms with Crippen LogP contribution in [-0.4, -0.2) is 41.3 Å². The zero-order chi connectivity index (χ0) is 19.1. The molecule has 0 saturated carbocycles. The molecule has 0 fully saturated rings. The van der Waals surface area contributed by atoms with Crippen molar-refractivity contribution >= 4 is 12.1 Å². The molecule has 1 aromatic carbocycles. The second kappa shape index (κ2) is 8.52. The Balaban J connectivity index is 1.72. The number of amides is 1. The number of benzene rings is 1. The third-order valence-corrected chi connectivity index (χ3v) is 3.60. The van der Waals surface area contributed by atoms with E-state index in [1.807, 2.05) is 0 Å². The third-order valence-electron chi connectivity index (χ3n) is 3.60. The molecule has 0 unspecified atom stereocenters. The van der Waals surface area contributed by atoms with Gasteiger partial charge in [0.05, 0.1) is 38.5 Å². The first-order chi connectivity index (χ1) is 13.2. The number of hydrazone groups is 1. The molecule has 0 bridgehead atoms. The van der Waals surface area contributed by atoms with Gasteiger partial charge in [0.1, 0.15) is 17.2 Å². The first-order valence-electron chi connectivity index (χ1n) is 7.98. The van der Waals surface area contributed by atoms with E-state index in [4.69, 9.17) is 9.47 Å². The molecule has 3 aromatic rings. The second-order valence-electron chi connectivity index (χ2n) is 5.37. The number of hydrogen-bond acceptors (Lipinski definition) is 7. The van der Waals surface area contributed by atoms with E-state index in [1.54, 1.807) is 63.1 Å². The minimum absolute atomic E-state index is 0.157. The Morgan fingerprint density at radius 2 is 1.74 bits per heavy atom. The van der Waals surface area contributed by atoms with Gasteiger partial charge in [0.2, 0.25) is 0 Å². The zero-order valence-corrected chi connectivity index (χ0v) is 14.8. The van der Waals surface area contributed by atoms with Crippen LogP contribution in [-0.2, 0) is 0 Å². The number of pyridine rings is 1. The number of rotatable bonds is 6. The van der Waals surface area contributed by atoms with Crippen LogP contribution in [0.5, 0.6) is 11.5 Å². The Bertz CT molecular complexity index is 938. The number of nitrogens with zero attached hydrogens (tertiary/aromatic N) is 4. The molecule has 3 rings (SSSR count). The summed E-state index contributed by atoms with van der Waals surface area (Å²) in [7, 11) is 3.12. The normalized spacial score (nSPS) is 10.6. The lowest BCUT2D eigenvalue weighted by atomic mass is 10.2. The SMILES string of the molecule is COc1cc(/C=N/NC(=O)c2cncc(-c3ccncc3)n2)cc(OC)c1. The molecule has 2 heterocycles. The standard InChI is InChI=1S/C19H17N5O3/c1-26-15-7-13(8-16(9-15)27-2)10-22-24-19(25)18-12-21-11-17(23-18)14-3-5-20-6-4-14/h3-12H,1-2H3,(H,24,25)/b22-10+. The van der Waals surface area contributed by atoms with Gasteiger partial charge in [-0.25, -0.2) is 10.4 Å². The van der Waals surface area contributed by atoms with Crippen molar-refractivity contribution in [3.05, 3.63) is 66.4 Å². The Morgan fingerprint density at radius 1 is 1.04 bits per heavy atom. The number of nitrogens with one attached hydrogen (secondary N) is 1. The lowest BCUT2D eigenvalue weighted by molar-refractivity contribution is 0.0950. The van der Waals surface area contributed by atoms with Crippen molar-refractivity contribution in [2.45, 2.75) is 0 Å². The highest BCUT2D eigenvalue weighted by atomic mass is 16.5. The maximum absolute atomic E-state index is 12.3. The van der Waals surface area contributed by atoms with Crippen LogP contribution in [0.25, 0.3) is 11.3 Å². The van der Waals surface area contributed by atoms with Crippen molar-refractivity contribution in [2.24, 2.45) is 5.10 Å². The molecular weight excluding hydrogens is 346 g/mol. The van der Waals surface area contributed by atoms with Gasteiger partial charge in [-0.2, -0.15) is 5.10 Å². The minimum Gasteiger partial charge on any atom is -0.497 e. The van der Waals surface area contributed by atoms with E-state index in [-0.39, 0.29) is 5.69 Å². The summed E-state index contributed by atoms with van der Waals surface area (Å²) in [6.07, 6.45) is 7.75. The van der Waals surface area contributed by atoms with Crippen molar-refractivity contribution in [1.82, 2.24) is 20.4 Å². The molecular formula is C19H17N5O3. The largest absolute Gasteiger partial charge is 0.497 e. The van der Waals surface area contributed by atoms with Crippen LogP contribution in [0.15, 0.2) is 60.2 Å². The van der Waals surface area contributed by atoms with Gasteiger partial charge in [0.25, 0.3) is 5.91 Å². The molecule has 0 aliphatic rings. The van der Waals surface area contributed by atoms with Crippen molar-refractivity contribution in [1.29, 1.82) is 0 Å². The Hall–Kier alpha value is -3.81. The van der Waals surface area contributed by atoms with E-state index in [2.05, 4.69) is 25.5 Å². The Labute approximate surface area is 155 Å². The van der Waals surface area contributed by atoms with Crippen LogP contribution in [0.2, 0.25) is 0 Å². The number of carbonyl (C=O) groups excluding carboxylic acids is 1. The molecule has 1 amide bonds. The molecule has 8 nitrogen and oxygen atoms in total. The summed E-state index contributed by atoms with van der Waals surface area (Å²) in [5.74, 6) is 0.778. The first-order valence-corrected chi connectivity index (χ1v) is 7.98.